The normalized spacial score (nSPS) is 17.2. The maximum atomic E-state index is 12.7. The summed E-state index contributed by atoms with van der Waals surface area (Å²) in [6.45, 7) is 0. The summed E-state index contributed by atoms with van der Waals surface area (Å²) in [5.41, 5.74) is 0.221. The Morgan fingerprint density at radius 1 is 0.781 bits per heavy atom. The van der Waals surface area contributed by atoms with Crippen molar-refractivity contribution in [2.45, 2.75) is 18.6 Å². The molecule has 32 heavy (non-hydrogen) atoms. The van der Waals surface area contributed by atoms with Crippen molar-refractivity contribution in [3.63, 3.8) is 0 Å². The lowest BCUT2D eigenvalue weighted by atomic mass is 9.93. The van der Waals surface area contributed by atoms with Gasteiger partial charge in [0.1, 0.15) is 34.9 Å². The molecule has 0 saturated carbocycles. The highest BCUT2D eigenvalue weighted by atomic mass is 16.6. The molecule has 4 rings (SSSR count). The van der Waals surface area contributed by atoms with E-state index in [-0.39, 0.29) is 51.9 Å². The minimum Gasteiger partial charge on any atom is -0.508 e. The Bertz CT molecular complexity index is 1180. The van der Waals surface area contributed by atoms with Gasteiger partial charge in [-0.15, -0.1) is 0 Å². The largest absolute Gasteiger partial charge is 0.508 e. The van der Waals surface area contributed by atoms with Crippen molar-refractivity contribution in [2.24, 2.45) is 0 Å². The number of phenols is 7. The highest BCUT2D eigenvalue weighted by molar-refractivity contribution is 5.91. The number of hydrogen-bond acceptors (Lipinski definition) is 10. The van der Waals surface area contributed by atoms with Gasteiger partial charge in [-0.1, -0.05) is 0 Å². The van der Waals surface area contributed by atoms with E-state index in [1.165, 1.54) is 18.2 Å². The zero-order valence-corrected chi connectivity index (χ0v) is 16.3. The number of carbonyl (C=O) groups is 1. The molecule has 0 aliphatic carbocycles. The molecule has 1 aliphatic heterocycles. The third-order valence-corrected chi connectivity index (χ3v) is 4.98. The summed E-state index contributed by atoms with van der Waals surface area (Å²) in [5, 5.41) is 68.5. The average molecular weight is 442 g/mol. The van der Waals surface area contributed by atoms with E-state index in [0.717, 1.165) is 24.3 Å². The molecule has 10 heteroatoms. The summed E-state index contributed by atoms with van der Waals surface area (Å²) in [7, 11) is 0. The van der Waals surface area contributed by atoms with Crippen LogP contribution in [0.15, 0.2) is 42.5 Å². The number of ether oxygens (including phenoxy) is 2. The Balaban J connectivity index is 1.73. The van der Waals surface area contributed by atoms with Crippen molar-refractivity contribution in [3.8, 4) is 46.0 Å². The Morgan fingerprint density at radius 2 is 1.38 bits per heavy atom. The van der Waals surface area contributed by atoms with Crippen LogP contribution in [0.25, 0.3) is 0 Å². The fraction of sp³-hybridized carbons (Fsp3) is 0.136. The first-order chi connectivity index (χ1) is 15.1. The molecule has 3 aromatic carbocycles. The molecule has 0 radical (unpaired) electrons. The van der Waals surface area contributed by atoms with Crippen molar-refractivity contribution in [3.05, 3.63) is 59.2 Å². The number of aromatic hydroxyl groups is 7. The Morgan fingerprint density at radius 3 is 2.00 bits per heavy atom. The SMILES string of the molecule is O=C(OC1Cc2c(O)cc(O)cc2OC1c1cc(O)cc(O)c1)c1cc(O)c(O)c(O)c1. The van der Waals surface area contributed by atoms with E-state index in [2.05, 4.69) is 0 Å². The summed E-state index contributed by atoms with van der Waals surface area (Å²) in [6.07, 6.45) is -2.22. The first-order valence-corrected chi connectivity index (χ1v) is 9.32. The molecule has 0 fully saturated rings. The highest BCUT2D eigenvalue weighted by Crippen LogP contribution is 2.44. The molecule has 166 valence electrons. The summed E-state index contributed by atoms with van der Waals surface area (Å²) < 4.78 is 11.4. The Labute approximate surface area is 180 Å². The smallest absolute Gasteiger partial charge is 0.338 e. The van der Waals surface area contributed by atoms with Gasteiger partial charge in [0.15, 0.2) is 23.4 Å². The van der Waals surface area contributed by atoms with E-state index in [1.807, 2.05) is 0 Å². The van der Waals surface area contributed by atoms with Crippen molar-refractivity contribution in [1.82, 2.24) is 0 Å². The monoisotopic (exact) mass is 442 g/mol. The average Bonchev–Trinajstić information content (AvgIpc) is 2.70. The Hall–Kier alpha value is -4.47. The molecule has 1 aliphatic rings. The van der Waals surface area contributed by atoms with Gasteiger partial charge in [0, 0.05) is 35.7 Å². The van der Waals surface area contributed by atoms with Crippen molar-refractivity contribution >= 4 is 5.97 Å². The van der Waals surface area contributed by atoms with Crippen LogP contribution in [-0.2, 0) is 11.2 Å². The van der Waals surface area contributed by atoms with E-state index in [1.54, 1.807) is 0 Å². The molecule has 0 saturated heterocycles. The first-order valence-electron chi connectivity index (χ1n) is 9.32. The van der Waals surface area contributed by atoms with Gasteiger partial charge in [-0.05, 0) is 24.3 Å². The van der Waals surface area contributed by atoms with Gasteiger partial charge in [-0.3, -0.25) is 0 Å². The standard InChI is InChI=1S/C22H18O10/c23-11-1-9(2-12(24)5-11)21-19(8-14-15(26)6-13(25)7-18(14)31-21)32-22(30)10-3-16(27)20(29)17(28)4-10/h1-7,19,21,23-29H,8H2. The molecular formula is C22H18O10. The molecule has 2 unspecified atom stereocenters. The maximum Gasteiger partial charge on any atom is 0.338 e. The summed E-state index contributed by atoms with van der Waals surface area (Å²) in [4.78, 5) is 12.7. The lowest BCUT2D eigenvalue weighted by molar-refractivity contribution is -0.0189. The van der Waals surface area contributed by atoms with E-state index in [0.29, 0.717) is 0 Å². The molecule has 2 atom stereocenters. The molecule has 0 aromatic heterocycles. The predicted molar refractivity (Wildman–Crippen MR) is 107 cm³/mol. The van der Waals surface area contributed by atoms with Gasteiger partial charge in [0.05, 0.1) is 5.56 Å². The van der Waals surface area contributed by atoms with Crippen molar-refractivity contribution in [1.29, 1.82) is 0 Å². The highest BCUT2D eigenvalue weighted by Gasteiger charge is 2.37. The van der Waals surface area contributed by atoms with Crippen LogP contribution in [0.2, 0.25) is 0 Å². The van der Waals surface area contributed by atoms with Gasteiger partial charge in [0.25, 0.3) is 0 Å². The van der Waals surface area contributed by atoms with Crippen LogP contribution in [0, 0.1) is 0 Å². The van der Waals surface area contributed by atoms with E-state index >= 15 is 0 Å². The molecule has 7 N–H and O–H groups in total. The summed E-state index contributed by atoms with van der Waals surface area (Å²) in [6, 6.07) is 7.84. The second kappa shape index (κ2) is 7.65. The maximum absolute atomic E-state index is 12.7. The second-order valence-electron chi connectivity index (χ2n) is 7.27. The number of esters is 1. The third-order valence-electron chi connectivity index (χ3n) is 4.98. The molecule has 3 aromatic rings. The van der Waals surface area contributed by atoms with Crippen LogP contribution in [0.1, 0.15) is 27.6 Å². The lowest BCUT2D eigenvalue weighted by Gasteiger charge is -2.34. The summed E-state index contributed by atoms with van der Waals surface area (Å²) in [5.74, 6) is -4.23. The number of hydrogen-bond donors (Lipinski definition) is 7. The molecule has 0 bridgehead atoms. The van der Waals surface area contributed by atoms with E-state index < -0.39 is 35.4 Å². The van der Waals surface area contributed by atoms with Crippen molar-refractivity contribution in [2.75, 3.05) is 0 Å². The topological polar surface area (TPSA) is 177 Å². The first kappa shape index (κ1) is 20.8. The van der Waals surface area contributed by atoms with Gasteiger partial charge < -0.3 is 45.2 Å². The summed E-state index contributed by atoms with van der Waals surface area (Å²) >= 11 is 0. The number of carbonyl (C=O) groups excluding carboxylic acids is 1. The fourth-order valence-electron chi connectivity index (χ4n) is 3.54. The third kappa shape index (κ3) is 3.81. The van der Waals surface area contributed by atoms with Gasteiger partial charge in [-0.2, -0.15) is 0 Å². The fourth-order valence-corrected chi connectivity index (χ4v) is 3.54. The van der Waals surface area contributed by atoms with Crippen LogP contribution >= 0.6 is 0 Å². The zero-order valence-electron chi connectivity index (χ0n) is 16.3. The predicted octanol–water partition coefficient (Wildman–Crippen LogP) is 2.53. The van der Waals surface area contributed by atoms with Crippen molar-refractivity contribution < 1.29 is 50.0 Å². The van der Waals surface area contributed by atoms with Crippen LogP contribution in [0.4, 0.5) is 0 Å². The molecular weight excluding hydrogens is 424 g/mol. The van der Waals surface area contributed by atoms with Crippen LogP contribution in [0.3, 0.4) is 0 Å². The lowest BCUT2D eigenvalue weighted by Crippen LogP contribution is -2.34. The Kier molecular flexibility index (Phi) is 4.97. The van der Waals surface area contributed by atoms with Crippen LogP contribution in [0.5, 0.6) is 46.0 Å². The minimum absolute atomic E-state index is 0.0652. The molecule has 1 heterocycles. The minimum atomic E-state index is -1.09. The van der Waals surface area contributed by atoms with Crippen LogP contribution < -0.4 is 4.74 Å². The number of rotatable bonds is 3. The van der Waals surface area contributed by atoms with Gasteiger partial charge in [-0.25, -0.2) is 4.79 Å². The van der Waals surface area contributed by atoms with E-state index in [4.69, 9.17) is 9.47 Å². The second-order valence-corrected chi connectivity index (χ2v) is 7.27. The molecule has 0 spiro atoms. The molecule has 0 amide bonds. The zero-order chi connectivity index (χ0) is 23.2. The quantitative estimate of drug-likeness (QED) is 0.235. The van der Waals surface area contributed by atoms with Crippen LogP contribution in [-0.4, -0.2) is 47.8 Å². The van der Waals surface area contributed by atoms with E-state index in [9.17, 15) is 40.5 Å². The number of benzene rings is 3. The number of fused-ring (bicyclic) bond motifs is 1. The van der Waals surface area contributed by atoms with Gasteiger partial charge >= 0.3 is 5.97 Å². The molecule has 10 nitrogen and oxygen atoms in total. The number of phenolic OH excluding ortho intramolecular Hbond substituents is 7. The van der Waals surface area contributed by atoms with Gasteiger partial charge in [0.2, 0.25) is 0 Å².